The van der Waals surface area contributed by atoms with Crippen molar-refractivity contribution in [1.29, 1.82) is 5.26 Å². The molecule has 0 aliphatic rings. The molecule has 0 unspecified atom stereocenters. The predicted octanol–water partition coefficient (Wildman–Crippen LogP) is 1.96. The third kappa shape index (κ3) is 4.35. The highest BCUT2D eigenvalue weighted by molar-refractivity contribution is 5.71. The van der Waals surface area contributed by atoms with E-state index >= 15 is 0 Å². The van der Waals surface area contributed by atoms with E-state index in [1.165, 1.54) is 0 Å². The van der Waals surface area contributed by atoms with Crippen molar-refractivity contribution in [2.75, 3.05) is 5.73 Å². The lowest BCUT2D eigenvalue weighted by atomic mass is 10.00. The molecule has 166 valence electrons. The highest BCUT2D eigenvalue weighted by Crippen LogP contribution is 2.27. The van der Waals surface area contributed by atoms with Crippen LogP contribution < -0.4 is 10.5 Å². The van der Waals surface area contributed by atoms with Crippen molar-refractivity contribution < 1.29 is 15.0 Å². The van der Waals surface area contributed by atoms with Gasteiger partial charge in [-0.3, -0.25) is 5.21 Å². The lowest BCUT2D eigenvalue weighted by Gasteiger charge is -2.13. The van der Waals surface area contributed by atoms with Crippen LogP contribution in [0, 0.1) is 18.3 Å². The molecule has 0 atom stereocenters. The van der Waals surface area contributed by atoms with E-state index in [2.05, 4.69) is 26.3 Å². The lowest BCUT2D eigenvalue weighted by molar-refractivity contribution is -0.917. The number of aromatic nitrogens is 6. The molecule has 0 amide bonds. The minimum Gasteiger partial charge on any atom is -0.379 e. The van der Waals surface area contributed by atoms with Crippen molar-refractivity contribution in [1.82, 2.24) is 25.0 Å². The maximum absolute atomic E-state index is 10.5. The SMILES string of the molecule is Cc1c(C#N)cccc1-c1cc(-c2cn(Cc3cccc(C(C)(C)O)[n+]3O)nn2)nc(N)n1. The lowest BCUT2D eigenvalue weighted by Crippen LogP contribution is -2.45. The Hall–Kier alpha value is -4.36. The Kier molecular flexibility index (Phi) is 5.49. The van der Waals surface area contributed by atoms with Crippen LogP contribution >= 0.6 is 0 Å². The second kappa shape index (κ2) is 8.29. The molecule has 3 heterocycles. The first-order valence-electron chi connectivity index (χ1n) is 10.2. The van der Waals surface area contributed by atoms with E-state index in [1.54, 1.807) is 61.1 Å². The number of nitrogens with zero attached hydrogens (tertiary/aromatic N) is 7. The number of nitrogen functional groups attached to an aromatic ring is 1. The van der Waals surface area contributed by atoms with Gasteiger partial charge in [0.25, 0.3) is 11.4 Å². The molecule has 3 aromatic heterocycles. The smallest absolute Gasteiger partial charge is 0.265 e. The van der Waals surface area contributed by atoms with Gasteiger partial charge in [-0.05, 0) is 44.5 Å². The second-order valence-corrected chi connectivity index (χ2v) is 8.16. The molecule has 33 heavy (non-hydrogen) atoms. The van der Waals surface area contributed by atoms with Crippen LogP contribution in [-0.4, -0.2) is 35.3 Å². The van der Waals surface area contributed by atoms with Gasteiger partial charge in [-0.1, -0.05) is 17.3 Å². The van der Waals surface area contributed by atoms with Gasteiger partial charge in [-0.25, -0.2) is 14.6 Å². The minimum atomic E-state index is -1.21. The number of pyridine rings is 1. The van der Waals surface area contributed by atoms with Crippen molar-refractivity contribution in [2.24, 2.45) is 0 Å². The molecule has 0 aliphatic heterocycles. The molecule has 0 aliphatic carbocycles. The number of benzene rings is 1. The summed E-state index contributed by atoms with van der Waals surface area (Å²) in [4.78, 5) is 8.61. The van der Waals surface area contributed by atoms with Crippen LogP contribution in [0.15, 0.2) is 48.7 Å². The van der Waals surface area contributed by atoms with Crippen LogP contribution in [0.4, 0.5) is 5.95 Å². The molecule has 4 aromatic rings. The number of aliphatic hydroxyl groups is 1. The molecule has 0 radical (unpaired) electrons. The fourth-order valence-corrected chi connectivity index (χ4v) is 3.56. The quantitative estimate of drug-likeness (QED) is 0.313. The van der Waals surface area contributed by atoms with Gasteiger partial charge in [0.1, 0.15) is 17.8 Å². The number of nitrogens with two attached hydrogens (primary N) is 1. The summed E-state index contributed by atoms with van der Waals surface area (Å²) in [5.74, 6) is 0.0740. The van der Waals surface area contributed by atoms with Gasteiger partial charge in [0.2, 0.25) is 5.95 Å². The van der Waals surface area contributed by atoms with E-state index in [0.717, 1.165) is 15.9 Å². The first-order valence-corrected chi connectivity index (χ1v) is 10.2. The molecule has 10 heteroatoms. The Balaban J connectivity index is 1.68. The molecule has 0 saturated carbocycles. The molecule has 4 N–H and O–H groups in total. The molecule has 4 rings (SSSR count). The highest BCUT2D eigenvalue weighted by atomic mass is 16.5. The zero-order valence-corrected chi connectivity index (χ0v) is 18.4. The van der Waals surface area contributed by atoms with Crippen LogP contribution in [0.25, 0.3) is 22.6 Å². The van der Waals surface area contributed by atoms with Gasteiger partial charge in [0.05, 0.1) is 29.2 Å². The number of nitriles is 1. The summed E-state index contributed by atoms with van der Waals surface area (Å²) >= 11 is 0. The van der Waals surface area contributed by atoms with E-state index in [9.17, 15) is 15.6 Å². The summed E-state index contributed by atoms with van der Waals surface area (Å²) in [5, 5.41) is 38.4. The monoisotopic (exact) mass is 443 g/mol. The second-order valence-electron chi connectivity index (χ2n) is 8.16. The summed E-state index contributed by atoms with van der Waals surface area (Å²) in [7, 11) is 0. The number of hydrogen-bond acceptors (Lipinski definition) is 8. The molecular formula is C23H23N8O2+. The van der Waals surface area contributed by atoms with Crippen molar-refractivity contribution >= 4 is 5.95 Å². The molecule has 10 nitrogen and oxygen atoms in total. The van der Waals surface area contributed by atoms with Gasteiger partial charge in [0, 0.05) is 22.4 Å². The number of hydrogen-bond donors (Lipinski definition) is 3. The maximum Gasteiger partial charge on any atom is 0.265 e. The molecule has 0 bridgehead atoms. The van der Waals surface area contributed by atoms with E-state index in [1.807, 2.05) is 13.0 Å². The Labute approximate surface area is 190 Å². The topological polar surface area (TPSA) is 151 Å². The molecule has 0 spiro atoms. The van der Waals surface area contributed by atoms with Gasteiger partial charge < -0.3 is 10.8 Å². The fourth-order valence-electron chi connectivity index (χ4n) is 3.56. The standard InChI is InChI=1S/C23H23N8O2/c1-14-15(11-24)6-4-8-17(14)18-10-19(27-22(25)26-18)20-13-30(29-28-20)12-16-7-5-9-21(31(16)33)23(2,3)32/h4-10,13,32-33H,12H2,1-3H3,(H2,25,26,27)/q+1. The average Bonchev–Trinajstić information content (AvgIpc) is 3.23. The first kappa shape index (κ1) is 21.9. The van der Waals surface area contributed by atoms with E-state index in [-0.39, 0.29) is 12.5 Å². The third-order valence-electron chi connectivity index (χ3n) is 5.27. The van der Waals surface area contributed by atoms with Crippen molar-refractivity contribution in [3.63, 3.8) is 0 Å². The summed E-state index contributed by atoms with van der Waals surface area (Å²) in [6, 6.07) is 14.4. The van der Waals surface area contributed by atoms with Crippen molar-refractivity contribution in [2.45, 2.75) is 32.9 Å². The Morgan fingerprint density at radius 3 is 2.58 bits per heavy atom. The fraction of sp³-hybridized carbons (Fsp3) is 0.217. The van der Waals surface area contributed by atoms with Crippen LogP contribution in [-0.2, 0) is 12.1 Å². The molecular weight excluding hydrogens is 420 g/mol. The van der Waals surface area contributed by atoms with Crippen molar-refractivity contribution in [3.05, 3.63) is 71.2 Å². The van der Waals surface area contributed by atoms with E-state index in [4.69, 9.17) is 5.73 Å². The largest absolute Gasteiger partial charge is 0.379 e. The average molecular weight is 443 g/mol. The summed E-state index contributed by atoms with van der Waals surface area (Å²) < 4.78 is 2.50. The highest BCUT2D eigenvalue weighted by Gasteiger charge is 2.30. The summed E-state index contributed by atoms with van der Waals surface area (Å²) in [5.41, 5.74) is 9.27. The predicted molar refractivity (Wildman–Crippen MR) is 119 cm³/mol. The number of anilines is 1. The van der Waals surface area contributed by atoms with Gasteiger partial charge in [0.15, 0.2) is 0 Å². The van der Waals surface area contributed by atoms with Crippen LogP contribution in [0.2, 0.25) is 0 Å². The van der Waals surface area contributed by atoms with Gasteiger partial charge >= 0.3 is 0 Å². The van der Waals surface area contributed by atoms with Crippen LogP contribution in [0.5, 0.6) is 0 Å². The summed E-state index contributed by atoms with van der Waals surface area (Å²) in [6.07, 6.45) is 1.68. The normalized spacial score (nSPS) is 11.4. The molecule has 0 saturated heterocycles. The van der Waals surface area contributed by atoms with E-state index in [0.29, 0.717) is 34.0 Å². The first-order chi connectivity index (χ1) is 15.7. The Morgan fingerprint density at radius 2 is 1.85 bits per heavy atom. The zero-order chi connectivity index (χ0) is 23.8. The van der Waals surface area contributed by atoms with Gasteiger partial charge in [-0.15, -0.1) is 5.10 Å². The summed E-state index contributed by atoms with van der Waals surface area (Å²) in [6.45, 7) is 5.26. The Morgan fingerprint density at radius 1 is 1.12 bits per heavy atom. The molecule has 0 fully saturated rings. The van der Waals surface area contributed by atoms with Crippen LogP contribution in [0.3, 0.4) is 0 Å². The third-order valence-corrected chi connectivity index (χ3v) is 5.27. The maximum atomic E-state index is 10.5. The minimum absolute atomic E-state index is 0.0740. The zero-order valence-electron chi connectivity index (χ0n) is 18.4. The molecule has 1 aromatic carbocycles. The Bertz CT molecular complexity index is 1380. The van der Waals surface area contributed by atoms with Crippen molar-refractivity contribution in [3.8, 4) is 28.7 Å². The van der Waals surface area contributed by atoms with Gasteiger partial charge in [-0.2, -0.15) is 5.26 Å². The van der Waals surface area contributed by atoms with Crippen LogP contribution in [0.1, 0.15) is 36.4 Å². The van der Waals surface area contributed by atoms with E-state index < -0.39 is 5.60 Å². The number of rotatable bonds is 5.